The van der Waals surface area contributed by atoms with Gasteiger partial charge in [0.2, 0.25) is 0 Å². The fourth-order valence-corrected chi connectivity index (χ4v) is 5.25. The zero-order valence-electron chi connectivity index (χ0n) is 17.9. The molecule has 0 aromatic heterocycles. The number of nitrogens with zero attached hydrogens (tertiary/aromatic N) is 1. The molecule has 0 saturated carbocycles. The predicted octanol–water partition coefficient (Wildman–Crippen LogP) is 2.60. The highest BCUT2D eigenvalue weighted by molar-refractivity contribution is 7.92. The highest BCUT2D eigenvalue weighted by Crippen LogP contribution is 2.27. The summed E-state index contributed by atoms with van der Waals surface area (Å²) < 4.78 is 47.1. The Bertz CT molecular complexity index is 1120. The molecule has 2 aromatic rings. The number of rotatable bonds is 7. The second-order valence-corrected chi connectivity index (χ2v) is 10.1. The molecule has 3 N–H and O–H groups in total. The topological polar surface area (TPSA) is 99.8 Å². The van der Waals surface area contributed by atoms with Crippen LogP contribution in [-0.4, -0.2) is 59.8 Å². The van der Waals surface area contributed by atoms with E-state index in [4.69, 9.17) is 16.3 Å². The van der Waals surface area contributed by atoms with E-state index in [1.54, 1.807) is 12.1 Å². The SMILES string of the molecule is O=C(NC[C@@H]1CCCO1)c1cc(NS(=O)(=O)c2ccc(F)c(Cl)c2)ccc1N1CCNCC1. The summed E-state index contributed by atoms with van der Waals surface area (Å²) in [6, 6.07) is 8.04. The van der Waals surface area contributed by atoms with Gasteiger partial charge in [-0.05, 0) is 49.2 Å². The minimum Gasteiger partial charge on any atom is -0.376 e. The van der Waals surface area contributed by atoms with Crippen molar-refractivity contribution >= 4 is 38.9 Å². The summed E-state index contributed by atoms with van der Waals surface area (Å²) >= 11 is 5.74. The van der Waals surface area contributed by atoms with Crippen molar-refractivity contribution in [3.63, 3.8) is 0 Å². The van der Waals surface area contributed by atoms with Crippen molar-refractivity contribution in [2.75, 3.05) is 49.0 Å². The monoisotopic (exact) mass is 496 g/mol. The molecule has 2 heterocycles. The second kappa shape index (κ2) is 10.3. The summed E-state index contributed by atoms with van der Waals surface area (Å²) in [5, 5.41) is 5.90. The van der Waals surface area contributed by atoms with E-state index >= 15 is 0 Å². The number of hydrogen-bond donors (Lipinski definition) is 3. The molecule has 1 atom stereocenters. The average Bonchev–Trinajstić information content (AvgIpc) is 3.33. The van der Waals surface area contributed by atoms with E-state index in [-0.39, 0.29) is 27.6 Å². The Morgan fingerprint density at radius 3 is 2.70 bits per heavy atom. The Morgan fingerprint density at radius 2 is 2.00 bits per heavy atom. The molecule has 2 aliphatic rings. The molecule has 2 aromatic carbocycles. The lowest BCUT2D eigenvalue weighted by molar-refractivity contribution is 0.0858. The molecule has 4 rings (SSSR count). The molecule has 1 amide bonds. The van der Waals surface area contributed by atoms with Crippen LogP contribution in [0, 0.1) is 5.82 Å². The minimum absolute atomic E-state index is 0.0125. The molecule has 0 bridgehead atoms. The molecule has 0 aliphatic carbocycles. The molecule has 2 aliphatic heterocycles. The zero-order chi connectivity index (χ0) is 23.4. The number of halogens is 2. The summed E-state index contributed by atoms with van der Waals surface area (Å²) in [5.74, 6) is -1.01. The van der Waals surface area contributed by atoms with E-state index in [0.29, 0.717) is 18.7 Å². The third-order valence-corrected chi connectivity index (χ3v) is 7.34. The Kier molecular flexibility index (Phi) is 7.38. The quantitative estimate of drug-likeness (QED) is 0.545. The number of benzene rings is 2. The summed E-state index contributed by atoms with van der Waals surface area (Å²) in [7, 11) is -4.03. The molecule has 0 radical (unpaired) electrons. The highest BCUT2D eigenvalue weighted by Gasteiger charge is 2.23. The maximum Gasteiger partial charge on any atom is 0.261 e. The first kappa shape index (κ1) is 23.7. The van der Waals surface area contributed by atoms with Crippen LogP contribution in [0.15, 0.2) is 41.3 Å². The summed E-state index contributed by atoms with van der Waals surface area (Å²) in [4.78, 5) is 15.0. The largest absolute Gasteiger partial charge is 0.376 e. The first-order valence-corrected chi connectivity index (χ1v) is 12.7. The summed E-state index contributed by atoms with van der Waals surface area (Å²) in [5.41, 5.74) is 1.32. The van der Waals surface area contributed by atoms with Crippen molar-refractivity contribution in [3.05, 3.63) is 52.8 Å². The van der Waals surface area contributed by atoms with Gasteiger partial charge in [-0.25, -0.2) is 12.8 Å². The first-order valence-electron chi connectivity index (χ1n) is 10.8. The van der Waals surface area contributed by atoms with Gasteiger partial charge in [0.05, 0.1) is 21.6 Å². The number of anilines is 2. The van der Waals surface area contributed by atoms with Crippen molar-refractivity contribution in [2.45, 2.75) is 23.8 Å². The third kappa shape index (κ3) is 5.75. The van der Waals surface area contributed by atoms with Gasteiger partial charge in [0, 0.05) is 50.7 Å². The third-order valence-electron chi connectivity index (χ3n) is 5.67. The molecule has 0 spiro atoms. The summed E-state index contributed by atoms with van der Waals surface area (Å²) in [6.45, 7) is 4.12. The van der Waals surface area contributed by atoms with E-state index in [1.807, 2.05) is 0 Å². The molecule has 8 nitrogen and oxygen atoms in total. The van der Waals surface area contributed by atoms with Crippen LogP contribution >= 0.6 is 11.6 Å². The minimum atomic E-state index is -4.03. The van der Waals surface area contributed by atoms with Crippen LogP contribution in [-0.2, 0) is 14.8 Å². The standard InChI is InChI=1S/C22H26ClFN4O4S/c23-19-13-17(4-5-20(19)24)33(30,31)27-15-3-6-21(28-9-7-25-8-10-28)18(12-15)22(29)26-14-16-2-1-11-32-16/h3-6,12-13,16,25,27H,1-2,7-11,14H2,(H,26,29)/t16-/m0/s1. The van der Waals surface area contributed by atoms with Crippen LogP contribution in [0.4, 0.5) is 15.8 Å². The Morgan fingerprint density at radius 1 is 1.21 bits per heavy atom. The van der Waals surface area contributed by atoms with Crippen LogP contribution in [0.1, 0.15) is 23.2 Å². The maximum absolute atomic E-state index is 13.5. The number of nitrogens with one attached hydrogen (secondary N) is 3. The van der Waals surface area contributed by atoms with Crippen LogP contribution in [0.5, 0.6) is 0 Å². The summed E-state index contributed by atoms with van der Waals surface area (Å²) in [6.07, 6.45) is 1.85. The van der Waals surface area contributed by atoms with E-state index < -0.39 is 15.8 Å². The lowest BCUT2D eigenvalue weighted by atomic mass is 10.1. The van der Waals surface area contributed by atoms with E-state index in [0.717, 1.165) is 62.9 Å². The Hall–Kier alpha value is -2.40. The number of amides is 1. The number of hydrogen-bond acceptors (Lipinski definition) is 6. The van der Waals surface area contributed by atoms with E-state index in [1.165, 1.54) is 6.07 Å². The number of sulfonamides is 1. The fraction of sp³-hybridized carbons (Fsp3) is 0.409. The van der Waals surface area contributed by atoms with Gasteiger partial charge in [0.1, 0.15) is 5.82 Å². The average molecular weight is 497 g/mol. The first-order chi connectivity index (χ1) is 15.8. The Labute approximate surface area is 197 Å². The van der Waals surface area contributed by atoms with Gasteiger partial charge in [-0.3, -0.25) is 9.52 Å². The lowest BCUT2D eigenvalue weighted by Crippen LogP contribution is -2.44. The molecule has 11 heteroatoms. The van der Waals surface area contributed by atoms with Crippen molar-refractivity contribution in [1.82, 2.24) is 10.6 Å². The lowest BCUT2D eigenvalue weighted by Gasteiger charge is -2.31. The van der Waals surface area contributed by atoms with Crippen LogP contribution < -0.4 is 20.3 Å². The van der Waals surface area contributed by atoms with Crippen molar-refractivity contribution < 1.29 is 22.3 Å². The molecule has 0 unspecified atom stereocenters. The van der Waals surface area contributed by atoms with E-state index in [9.17, 15) is 17.6 Å². The van der Waals surface area contributed by atoms with Gasteiger partial charge < -0.3 is 20.3 Å². The normalized spacial score (nSPS) is 18.8. The van der Waals surface area contributed by atoms with Crippen molar-refractivity contribution in [1.29, 1.82) is 0 Å². The van der Waals surface area contributed by atoms with E-state index in [2.05, 4.69) is 20.3 Å². The second-order valence-electron chi connectivity index (χ2n) is 8.00. The van der Waals surface area contributed by atoms with Gasteiger partial charge in [-0.1, -0.05) is 11.6 Å². The van der Waals surface area contributed by atoms with Gasteiger partial charge >= 0.3 is 0 Å². The number of carbonyl (C=O) groups excluding carboxylic acids is 1. The number of carbonyl (C=O) groups is 1. The van der Waals surface area contributed by atoms with Crippen LogP contribution in [0.3, 0.4) is 0 Å². The van der Waals surface area contributed by atoms with Crippen LogP contribution in [0.25, 0.3) is 0 Å². The van der Waals surface area contributed by atoms with Gasteiger partial charge in [0.15, 0.2) is 0 Å². The smallest absolute Gasteiger partial charge is 0.261 e. The molecule has 178 valence electrons. The predicted molar refractivity (Wildman–Crippen MR) is 125 cm³/mol. The van der Waals surface area contributed by atoms with Crippen molar-refractivity contribution in [3.8, 4) is 0 Å². The molecule has 33 heavy (non-hydrogen) atoms. The van der Waals surface area contributed by atoms with Gasteiger partial charge in [-0.2, -0.15) is 0 Å². The van der Waals surface area contributed by atoms with Gasteiger partial charge in [0.25, 0.3) is 15.9 Å². The molecule has 2 saturated heterocycles. The van der Waals surface area contributed by atoms with Crippen molar-refractivity contribution in [2.24, 2.45) is 0 Å². The molecular weight excluding hydrogens is 471 g/mol. The number of piperazine rings is 1. The van der Waals surface area contributed by atoms with Gasteiger partial charge in [-0.15, -0.1) is 0 Å². The number of ether oxygens (including phenoxy) is 1. The maximum atomic E-state index is 13.5. The zero-order valence-corrected chi connectivity index (χ0v) is 19.5. The van der Waals surface area contributed by atoms with Crippen LogP contribution in [0.2, 0.25) is 5.02 Å². The highest BCUT2D eigenvalue weighted by atomic mass is 35.5. The Balaban J connectivity index is 1.59. The molecular formula is C22H26ClFN4O4S. The molecule has 2 fully saturated rings. The fourth-order valence-electron chi connectivity index (χ4n) is 3.93.